The minimum Gasteiger partial charge on any atom is -0.338 e. The monoisotopic (exact) mass is 338 g/mol. The quantitative estimate of drug-likeness (QED) is 0.787. The molecule has 1 N–H and O–H groups in total. The third-order valence-electron chi connectivity index (χ3n) is 4.69. The molecule has 0 spiro atoms. The predicted molar refractivity (Wildman–Crippen MR) is 92.9 cm³/mol. The van der Waals surface area contributed by atoms with Crippen LogP contribution in [-0.2, 0) is 12.0 Å². The molecule has 1 aliphatic heterocycles. The maximum absolute atomic E-state index is 5.55. The lowest BCUT2D eigenvalue weighted by Crippen LogP contribution is -2.31. The Bertz CT molecular complexity index is 869. The highest BCUT2D eigenvalue weighted by Gasteiger charge is 2.44. The van der Waals surface area contributed by atoms with E-state index in [0.29, 0.717) is 24.0 Å². The van der Waals surface area contributed by atoms with Gasteiger partial charge in [0.15, 0.2) is 5.69 Å². The van der Waals surface area contributed by atoms with Crippen LogP contribution in [0.3, 0.4) is 0 Å². The smallest absolute Gasteiger partial charge is 0.234 e. The molecule has 7 nitrogen and oxygen atoms in total. The molecule has 7 heteroatoms. The molecule has 0 bridgehead atoms. The highest BCUT2D eigenvalue weighted by Crippen LogP contribution is 2.37. The molecule has 1 aromatic carbocycles. The van der Waals surface area contributed by atoms with Gasteiger partial charge < -0.3 is 9.84 Å². The largest absolute Gasteiger partial charge is 0.338 e. The van der Waals surface area contributed by atoms with Crippen molar-refractivity contribution in [3.05, 3.63) is 48.0 Å². The van der Waals surface area contributed by atoms with Crippen LogP contribution in [0.1, 0.15) is 38.6 Å². The van der Waals surface area contributed by atoms with E-state index >= 15 is 0 Å². The van der Waals surface area contributed by atoms with Crippen LogP contribution in [0.25, 0.3) is 11.5 Å². The Morgan fingerprint density at radius 2 is 2.00 bits per heavy atom. The fraction of sp³-hybridized carbons (Fsp3) is 0.444. The van der Waals surface area contributed by atoms with E-state index in [-0.39, 0.29) is 11.0 Å². The van der Waals surface area contributed by atoms with E-state index in [4.69, 9.17) is 4.52 Å². The molecule has 0 radical (unpaired) electrons. The van der Waals surface area contributed by atoms with E-state index in [0.717, 1.165) is 13.0 Å². The first-order valence-electron chi connectivity index (χ1n) is 8.47. The molecule has 0 aliphatic carbocycles. The average Bonchev–Trinajstić information content (AvgIpc) is 3.28. The van der Waals surface area contributed by atoms with Crippen molar-refractivity contribution in [2.75, 3.05) is 6.54 Å². The fourth-order valence-corrected chi connectivity index (χ4v) is 3.51. The molecule has 25 heavy (non-hydrogen) atoms. The number of benzene rings is 1. The molecule has 2 aromatic heterocycles. The van der Waals surface area contributed by atoms with Crippen molar-refractivity contribution in [3.8, 4) is 11.5 Å². The van der Waals surface area contributed by atoms with Gasteiger partial charge in [-0.05, 0) is 32.8 Å². The fourth-order valence-electron chi connectivity index (χ4n) is 3.51. The van der Waals surface area contributed by atoms with Crippen molar-refractivity contribution in [2.45, 2.75) is 44.7 Å². The first kappa shape index (κ1) is 16.0. The lowest BCUT2D eigenvalue weighted by atomic mass is 9.84. The van der Waals surface area contributed by atoms with Gasteiger partial charge in [0.2, 0.25) is 11.7 Å². The van der Waals surface area contributed by atoms with Gasteiger partial charge in [-0.3, -0.25) is 0 Å². The zero-order valence-electron chi connectivity index (χ0n) is 14.7. The van der Waals surface area contributed by atoms with E-state index < -0.39 is 0 Å². The summed E-state index contributed by atoms with van der Waals surface area (Å²) in [6.45, 7) is 8.00. The van der Waals surface area contributed by atoms with E-state index in [1.807, 2.05) is 24.4 Å². The molecule has 1 atom stereocenters. The van der Waals surface area contributed by atoms with Crippen LogP contribution >= 0.6 is 0 Å². The van der Waals surface area contributed by atoms with Crippen LogP contribution in [0.15, 0.2) is 41.1 Å². The number of aromatic nitrogens is 5. The van der Waals surface area contributed by atoms with Crippen molar-refractivity contribution in [2.24, 2.45) is 0 Å². The van der Waals surface area contributed by atoms with Crippen LogP contribution in [-0.4, -0.2) is 37.2 Å². The molecule has 4 rings (SSSR count). The van der Waals surface area contributed by atoms with Gasteiger partial charge in [0, 0.05) is 12.1 Å². The summed E-state index contributed by atoms with van der Waals surface area (Å²) in [5.41, 5.74) is 1.70. The summed E-state index contributed by atoms with van der Waals surface area (Å²) >= 11 is 0. The lowest BCUT2D eigenvalue weighted by Gasteiger charge is -2.20. The maximum Gasteiger partial charge on any atom is 0.234 e. The molecule has 3 heterocycles. The Morgan fingerprint density at radius 1 is 1.20 bits per heavy atom. The van der Waals surface area contributed by atoms with Gasteiger partial charge >= 0.3 is 0 Å². The topological polar surface area (TPSA) is 81.7 Å². The Morgan fingerprint density at radius 3 is 2.72 bits per heavy atom. The van der Waals surface area contributed by atoms with Gasteiger partial charge in [-0.15, -0.1) is 5.10 Å². The van der Waals surface area contributed by atoms with Crippen molar-refractivity contribution >= 4 is 0 Å². The number of hydrogen-bond acceptors (Lipinski definition) is 6. The maximum atomic E-state index is 5.55. The van der Waals surface area contributed by atoms with Gasteiger partial charge in [0.05, 0.1) is 18.2 Å². The SMILES string of the molecule is CC1(C)CC(C)(c2nc(-c3cn(Cc4ccccc4)nn3)no2)CN1. The molecule has 1 unspecified atom stereocenters. The zero-order chi connectivity index (χ0) is 17.5. The highest BCUT2D eigenvalue weighted by atomic mass is 16.5. The first-order valence-corrected chi connectivity index (χ1v) is 8.47. The summed E-state index contributed by atoms with van der Waals surface area (Å²) < 4.78 is 7.33. The van der Waals surface area contributed by atoms with Crippen LogP contribution < -0.4 is 5.32 Å². The van der Waals surface area contributed by atoms with Gasteiger partial charge in [-0.25, -0.2) is 4.68 Å². The molecule has 1 saturated heterocycles. The summed E-state index contributed by atoms with van der Waals surface area (Å²) in [6.07, 6.45) is 2.79. The third-order valence-corrected chi connectivity index (χ3v) is 4.69. The Balaban J connectivity index is 1.53. The normalized spacial score (nSPS) is 22.4. The van der Waals surface area contributed by atoms with Crippen LogP contribution in [0.2, 0.25) is 0 Å². The van der Waals surface area contributed by atoms with Gasteiger partial charge in [-0.2, -0.15) is 4.98 Å². The van der Waals surface area contributed by atoms with Gasteiger partial charge in [0.25, 0.3) is 0 Å². The van der Waals surface area contributed by atoms with E-state index in [2.05, 4.69) is 58.7 Å². The zero-order valence-corrected chi connectivity index (χ0v) is 14.7. The van der Waals surface area contributed by atoms with Crippen molar-refractivity contribution in [3.63, 3.8) is 0 Å². The minimum absolute atomic E-state index is 0.0716. The summed E-state index contributed by atoms with van der Waals surface area (Å²) in [5.74, 6) is 1.14. The second kappa shape index (κ2) is 5.77. The molecule has 1 aliphatic rings. The Kier molecular flexibility index (Phi) is 3.68. The molecular weight excluding hydrogens is 316 g/mol. The minimum atomic E-state index is -0.158. The Labute approximate surface area is 146 Å². The lowest BCUT2D eigenvalue weighted by molar-refractivity contribution is 0.297. The van der Waals surface area contributed by atoms with E-state index in [1.165, 1.54) is 5.56 Å². The number of rotatable bonds is 4. The summed E-state index contributed by atoms with van der Waals surface area (Å²) in [7, 11) is 0. The number of hydrogen-bond donors (Lipinski definition) is 1. The Hall–Kier alpha value is -2.54. The van der Waals surface area contributed by atoms with Crippen LogP contribution in [0.4, 0.5) is 0 Å². The van der Waals surface area contributed by atoms with Crippen LogP contribution in [0, 0.1) is 0 Å². The molecule has 130 valence electrons. The predicted octanol–water partition coefficient (Wildman–Crippen LogP) is 2.41. The second-order valence-corrected chi connectivity index (χ2v) is 7.68. The van der Waals surface area contributed by atoms with Gasteiger partial charge in [-0.1, -0.05) is 40.7 Å². The highest BCUT2D eigenvalue weighted by molar-refractivity contribution is 5.45. The van der Waals surface area contributed by atoms with Crippen molar-refractivity contribution < 1.29 is 4.52 Å². The summed E-state index contributed by atoms with van der Waals surface area (Å²) in [6, 6.07) is 10.1. The molecular formula is C18H22N6O. The number of nitrogens with zero attached hydrogens (tertiary/aromatic N) is 5. The van der Waals surface area contributed by atoms with E-state index in [9.17, 15) is 0 Å². The van der Waals surface area contributed by atoms with Crippen LogP contribution in [0.5, 0.6) is 0 Å². The second-order valence-electron chi connectivity index (χ2n) is 7.68. The molecule has 1 fully saturated rings. The molecule has 0 amide bonds. The summed E-state index contributed by atoms with van der Waals surface area (Å²) in [5, 5.41) is 16.0. The number of nitrogens with one attached hydrogen (secondary N) is 1. The van der Waals surface area contributed by atoms with E-state index in [1.54, 1.807) is 4.68 Å². The van der Waals surface area contributed by atoms with Crippen molar-refractivity contribution in [1.82, 2.24) is 30.5 Å². The average molecular weight is 338 g/mol. The van der Waals surface area contributed by atoms with Gasteiger partial charge in [0.1, 0.15) is 0 Å². The first-order chi connectivity index (χ1) is 11.9. The standard InChI is InChI=1S/C18H22N6O/c1-17(2)11-18(3,12-19-17)16-20-15(22-25-16)14-10-24(23-21-14)9-13-7-5-4-6-8-13/h4-8,10,19H,9,11-12H2,1-3H3. The summed E-state index contributed by atoms with van der Waals surface area (Å²) in [4.78, 5) is 4.59. The molecule has 3 aromatic rings. The third kappa shape index (κ3) is 3.19. The van der Waals surface area contributed by atoms with Crippen molar-refractivity contribution in [1.29, 1.82) is 0 Å². The molecule has 0 saturated carbocycles.